The number of phenolic OH excluding ortho intramolecular Hbond substituents is 1. The molecule has 1 fully saturated rings. The quantitative estimate of drug-likeness (QED) is 0.841. The number of aromatic hydroxyl groups is 1. The molecule has 1 heterocycles. The molecule has 98 valence electrons. The number of nitrogens with one attached hydrogen (secondary N) is 1. The summed E-state index contributed by atoms with van der Waals surface area (Å²) in [6, 6.07) is 5.20. The van der Waals surface area contributed by atoms with Gasteiger partial charge in [-0.25, -0.2) is 0 Å². The number of phenols is 1. The Balaban J connectivity index is 2.07. The zero-order chi connectivity index (χ0) is 13.1. The molecule has 18 heavy (non-hydrogen) atoms. The Hall–Kier alpha value is -1.55. The number of benzene rings is 1. The van der Waals surface area contributed by atoms with Crippen molar-refractivity contribution in [3.8, 4) is 5.75 Å². The zero-order valence-corrected chi connectivity index (χ0v) is 10.8. The van der Waals surface area contributed by atoms with E-state index in [1.54, 1.807) is 12.1 Å². The zero-order valence-electron chi connectivity index (χ0n) is 10.8. The van der Waals surface area contributed by atoms with Gasteiger partial charge in [0.1, 0.15) is 5.75 Å². The summed E-state index contributed by atoms with van der Waals surface area (Å²) in [5, 5.41) is 12.7. The molecule has 0 aliphatic carbocycles. The molecule has 0 aromatic heterocycles. The third-order valence-corrected chi connectivity index (χ3v) is 3.36. The Kier molecular flexibility index (Phi) is 3.87. The fraction of sp³-hybridized carbons (Fsp3) is 0.500. The second-order valence-corrected chi connectivity index (χ2v) is 4.94. The summed E-state index contributed by atoms with van der Waals surface area (Å²) in [5.74, 6) is 0.119. The third-order valence-electron chi connectivity index (χ3n) is 3.36. The van der Waals surface area contributed by atoms with Crippen molar-refractivity contribution >= 4 is 5.91 Å². The van der Waals surface area contributed by atoms with Crippen LogP contribution in [0, 0.1) is 12.8 Å². The maximum absolute atomic E-state index is 12.1. The Labute approximate surface area is 107 Å². The average molecular weight is 249 g/mol. The minimum Gasteiger partial charge on any atom is -0.507 e. The lowest BCUT2D eigenvalue weighted by Gasteiger charge is -2.29. The first-order valence-corrected chi connectivity index (χ1v) is 6.26. The molecule has 2 unspecified atom stereocenters. The molecule has 0 radical (unpaired) electrons. The van der Waals surface area contributed by atoms with Gasteiger partial charge in [0.2, 0.25) is 0 Å². The van der Waals surface area contributed by atoms with Crippen molar-refractivity contribution in [3.63, 3.8) is 0 Å². The first kappa shape index (κ1) is 12.9. The van der Waals surface area contributed by atoms with E-state index >= 15 is 0 Å². The number of hydrogen-bond acceptors (Lipinski definition) is 3. The third kappa shape index (κ3) is 2.82. The lowest BCUT2D eigenvalue weighted by atomic mass is 9.97. The fourth-order valence-electron chi connectivity index (χ4n) is 2.17. The smallest absolute Gasteiger partial charge is 0.255 e. The molecule has 2 N–H and O–H groups in total. The normalized spacial score (nSPS) is 23.7. The largest absolute Gasteiger partial charge is 0.507 e. The molecular weight excluding hydrogens is 230 g/mol. The number of ether oxygens (including phenoxy) is 1. The van der Waals surface area contributed by atoms with E-state index in [0.29, 0.717) is 24.7 Å². The van der Waals surface area contributed by atoms with Gasteiger partial charge in [-0.1, -0.05) is 13.0 Å². The number of amides is 1. The summed E-state index contributed by atoms with van der Waals surface area (Å²) in [7, 11) is 0. The van der Waals surface area contributed by atoms with Gasteiger partial charge in [0.05, 0.1) is 12.2 Å². The van der Waals surface area contributed by atoms with Gasteiger partial charge in [0, 0.05) is 12.6 Å². The van der Waals surface area contributed by atoms with Crippen molar-refractivity contribution in [1.82, 2.24) is 5.32 Å². The molecular formula is C14H19NO3. The van der Waals surface area contributed by atoms with Crippen LogP contribution in [-0.2, 0) is 4.74 Å². The van der Waals surface area contributed by atoms with Crippen LogP contribution < -0.4 is 5.32 Å². The van der Waals surface area contributed by atoms with Crippen molar-refractivity contribution in [2.75, 3.05) is 13.2 Å². The van der Waals surface area contributed by atoms with E-state index in [4.69, 9.17) is 4.74 Å². The van der Waals surface area contributed by atoms with E-state index in [9.17, 15) is 9.90 Å². The fourth-order valence-corrected chi connectivity index (χ4v) is 2.17. The van der Waals surface area contributed by atoms with Crippen LogP contribution in [0.15, 0.2) is 18.2 Å². The number of aryl methyl sites for hydroxylation is 1. The Morgan fingerprint density at radius 1 is 1.50 bits per heavy atom. The Morgan fingerprint density at radius 3 is 2.94 bits per heavy atom. The van der Waals surface area contributed by atoms with Crippen LogP contribution in [0.25, 0.3) is 0 Å². The lowest BCUT2D eigenvalue weighted by Crippen LogP contribution is -2.44. The molecule has 1 amide bonds. The molecule has 1 aliphatic heterocycles. The van der Waals surface area contributed by atoms with Gasteiger partial charge < -0.3 is 15.2 Å². The SMILES string of the molecule is Cc1ccc(C(=O)NC2CCOCC2C)c(O)c1. The van der Waals surface area contributed by atoms with Crippen LogP contribution in [0.3, 0.4) is 0 Å². The maximum atomic E-state index is 12.1. The number of rotatable bonds is 2. The van der Waals surface area contributed by atoms with Gasteiger partial charge in [-0.15, -0.1) is 0 Å². The number of hydrogen-bond donors (Lipinski definition) is 2. The molecule has 1 saturated heterocycles. The standard InChI is InChI=1S/C14H19NO3/c1-9-3-4-11(13(16)7-9)14(17)15-12-5-6-18-8-10(12)2/h3-4,7,10,12,16H,5-6,8H2,1-2H3,(H,15,17). The van der Waals surface area contributed by atoms with E-state index < -0.39 is 0 Å². The molecule has 1 aromatic rings. The van der Waals surface area contributed by atoms with Crippen molar-refractivity contribution in [2.45, 2.75) is 26.3 Å². The minimum absolute atomic E-state index is 0.0345. The summed E-state index contributed by atoms with van der Waals surface area (Å²) in [5.41, 5.74) is 1.27. The summed E-state index contributed by atoms with van der Waals surface area (Å²) in [4.78, 5) is 12.1. The molecule has 2 rings (SSSR count). The maximum Gasteiger partial charge on any atom is 0.255 e. The van der Waals surface area contributed by atoms with Crippen LogP contribution in [0.5, 0.6) is 5.75 Å². The highest BCUT2D eigenvalue weighted by atomic mass is 16.5. The van der Waals surface area contributed by atoms with Gasteiger partial charge in [-0.05, 0) is 37.0 Å². The van der Waals surface area contributed by atoms with Crippen molar-refractivity contribution in [3.05, 3.63) is 29.3 Å². The van der Waals surface area contributed by atoms with Crippen LogP contribution >= 0.6 is 0 Å². The molecule has 4 heteroatoms. The van der Waals surface area contributed by atoms with E-state index in [2.05, 4.69) is 12.2 Å². The van der Waals surface area contributed by atoms with E-state index in [0.717, 1.165) is 12.0 Å². The van der Waals surface area contributed by atoms with Crippen molar-refractivity contribution in [1.29, 1.82) is 0 Å². The molecule has 0 bridgehead atoms. The average Bonchev–Trinajstić information content (AvgIpc) is 2.32. The van der Waals surface area contributed by atoms with E-state index in [1.807, 2.05) is 13.0 Å². The topological polar surface area (TPSA) is 58.6 Å². The first-order chi connectivity index (χ1) is 8.58. The van der Waals surface area contributed by atoms with Crippen LogP contribution in [0.2, 0.25) is 0 Å². The predicted molar refractivity (Wildman–Crippen MR) is 68.7 cm³/mol. The second-order valence-electron chi connectivity index (χ2n) is 4.94. The summed E-state index contributed by atoms with van der Waals surface area (Å²) >= 11 is 0. The highest BCUT2D eigenvalue weighted by Gasteiger charge is 2.24. The summed E-state index contributed by atoms with van der Waals surface area (Å²) in [6.45, 7) is 5.28. The van der Waals surface area contributed by atoms with E-state index in [-0.39, 0.29) is 17.7 Å². The number of carbonyl (C=O) groups excluding carboxylic acids is 1. The molecule has 0 saturated carbocycles. The second kappa shape index (κ2) is 5.40. The Bertz CT molecular complexity index is 445. The molecule has 1 aliphatic rings. The van der Waals surface area contributed by atoms with Crippen LogP contribution in [0.1, 0.15) is 29.3 Å². The monoisotopic (exact) mass is 249 g/mol. The molecule has 0 spiro atoms. The predicted octanol–water partition coefficient (Wildman–Crippen LogP) is 1.86. The van der Waals surface area contributed by atoms with Gasteiger partial charge in [-0.3, -0.25) is 4.79 Å². The van der Waals surface area contributed by atoms with Gasteiger partial charge in [0.15, 0.2) is 0 Å². The van der Waals surface area contributed by atoms with Crippen LogP contribution in [0.4, 0.5) is 0 Å². The highest BCUT2D eigenvalue weighted by molar-refractivity contribution is 5.97. The minimum atomic E-state index is -0.216. The molecule has 2 atom stereocenters. The highest BCUT2D eigenvalue weighted by Crippen LogP contribution is 2.20. The van der Waals surface area contributed by atoms with Crippen LogP contribution in [-0.4, -0.2) is 30.3 Å². The first-order valence-electron chi connectivity index (χ1n) is 6.26. The van der Waals surface area contributed by atoms with Crippen molar-refractivity contribution < 1.29 is 14.6 Å². The molecule has 4 nitrogen and oxygen atoms in total. The van der Waals surface area contributed by atoms with Crippen molar-refractivity contribution in [2.24, 2.45) is 5.92 Å². The van der Waals surface area contributed by atoms with E-state index in [1.165, 1.54) is 0 Å². The van der Waals surface area contributed by atoms with Gasteiger partial charge >= 0.3 is 0 Å². The molecule has 1 aromatic carbocycles. The summed E-state index contributed by atoms with van der Waals surface area (Å²) < 4.78 is 5.34. The Morgan fingerprint density at radius 2 is 2.28 bits per heavy atom. The lowest BCUT2D eigenvalue weighted by molar-refractivity contribution is 0.0374. The van der Waals surface area contributed by atoms with Gasteiger partial charge in [0.25, 0.3) is 5.91 Å². The van der Waals surface area contributed by atoms with Gasteiger partial charge in [-0.2, -0.15) is 0 Å². The number of carbonyl (C=O) groups is 1. The summed E-state index contributed by atoms with van der Waals surface area (Å²) in [6.07, 6.45) is 0.819.